The number of carbonyl (C=O) groups is 2. The normalized spacial score (nSPS) is 24.2. The van der Waals surface area contributed by atoms with Gasteiger partial charge in [-0.25, -0.2) is 18.4 Å². The molecule has 2 N–H and O–H groups in total. The van der Waals surface area contributed by atoms with Gasteiger partial charge in [0.2, 0.25) is 5.92 Å². The number of carboxylic acid groups (broad SMARTS) is 1. The summed E-state index contributed by atoms with van der Waals surface area (Å²) in [5, 5.41) is 12.2. The van der Waals surface area contributed by atoms with E-state index in [-0.39, 0.29) is 41.9 Å². The van der Waals surface area contributed by atoms with Crippen molar-refractivity contribution in [3.05, 3.63) is 58.8 Å². The van der Waals surface area contributed by atoms with Crippen molar-refractivity contribution in [2.24, 2.45) is 11.8 Å². The zero-order valence-corrected chi connectivity index (χ0v) is 22.4. The predicted octanol–water partition coefficient (Wildman–Crippen LogP) is 7.42. The Morgan fingerprint density at radius 1 is 1.23 bits per heavy atom. The van der Waals surface area contributed by atoms with Gasteiger partial charge in [0, 0.05) is 31.0 Å². The Morgan fingerprint density at radius 3 is 2.36 bits per heavy atom. The number of carbonyl (C=O) groups excluding carboxylic acids is 1. The SMILES string of the molecule is C=C(CC1(N2C=C(C3CC(F)(F)C3)[C@](CC)(c3ccc(CCC(C)C)c(C(F)(F)F)c3)NC2=O)CC1)C(=O)O. The van der Waals surface area contributed by atoms with Crippen LogP contribution < -0.4 is 5.32 Å². The molecule has 4 rings (SSSR count). The fourth-order valence-electron chi connectivity index (χ4n) is 5.93. The molecule has 1 heterocycles. The maximum atomic E-state index is 14.2. The van der Waals surface area contributed by atoms with Gasteiger partial charge in [0.1, 0.15) is 0 Å². The fourth-order valence-corrected chi connectivity index (χ4v) is 5.93. The summed E-state index contributed by atoms with van der Waals surface area (Å²) >= 11 is 0. The van der Waals surface area contributed by atoms with E-state index in [1.165, 1.54) is 17.2 Å². The van der Waals surface area contributed by atoms with Crippen LogP contribution in [-0.2, 0) is 22.9 Å². The molecule has 2 amide bonds. The number of benzene rings is 1. The summed E-state index contributed by atoms with van der Waals surface area (Å²) in [4.78, 5) is 26.3. The third-order valence-corrected chi connectivity index (χ3v) is 8.44. The van der Waals surface area contributed by atoms with Crippen LogP contribution in [0.3, 0.4) is 0 Å². The monoisotopic (exact) mass is 554 g/mol. The van der Waals surface area contributed by atoms with E-state index in [4.69, 9.17) is 0 Å². The number of alkyl halides is 5. The van der Waals surface area contributed by atoms with E-state index in [2.05, 4.69) is 11.9 Å². The van der Waals surface area contributed by atoms with Crippen molar-refractivity contribution in [1.29, 1.82) is 0 Å². The molecular weight excluding hydrogens is 519 g/mol. The van der Waals surface area contributed by atoms with Gasteiger partial charge in [-0.15, -0.1) is 0 Å². The summed E-state index contributed by atoms with van der Waals surface area (Å²) < 4.78 is 70.7. The Hall–Kier alpha value is -2.91. The first-order valence-corrected chi connectivity index (χ1v) is 13.4. The Bertz CT molecular complexity index is 1190. The summed E-state index contributed by atoms with van der Waals surface area (Å²) in [6.45, 7) is 9.15. The molecule has 10 heteroatoms. The molecule has 2 fully saturated rings. The Morgan fingerprint density at radius 2 is 1.87 bits per heavy atom. The molecule has 1 aliphatic heterocycles. The summed E-state index contributed by atoms with van der Waals surface area (Å²) in [6, 6.07) is 3.45. The Kier molecular flexibility index (Phi) is 7.40. The molecule has 0 unspecified atom stereocenters. The molecular formula is C29H35F5N2O3. The maximum Gasteiger partial charge on any atom is 0.416 e. The number of carboxylic acids is 1. The lowest BCUT2D eigenvalue weighted by Crippen LogP contribution is -2.60. The number of urea groups is 1. The average molecular weight is 555 g/mol. The van der Waals surface area contributed by atoms with Crippen LogP contribution in [0, 0.1) is 11.8 Å². The van der Waals surface area contributed by atoms with E-state index >= 15 is 0 Å². The first kappa shape index (κ1) is 29.1. The van der Waals surface area contributed by atoms with E-state index in [9.17, 15) is 36.6 Å². The van der Waals surface area contributed by atoms with Crippen molar-refractivity contribution < 1.29 is 36.6 Å². The molecule has 3 aliphatic rings. The van der Waals surface area contributed by atoms with Crippen molar-refractivity contribution in [2.75, 3.05) is 0 Å². The number of hydrogen-bond acceptors (Lipinski definition) is 2. The average Bonchev–Trinajstić information content (AvgIpc) is 3.60. The van der Waals surface area contributed by atoms with E-state index < -0.39 is 59.5 Å². The number of rotatable bonds is 10. The van der Waals surface area contributed by atoms with Crippen LogP contribution in [0.15, 0.2) is 42.1 Å². The van der Waals surface area contributed by atoms with Crippen LogP contribution >= 0.6 is 0 Å². The second-order valence-electron chi connectivity index (χ2n) is 11.7. The van der Waals surface area contributed by atoms with E-state index in [1.54, 1.807) is 13.0 Å². The number of hydrogen-bond donors (Lipinski definition) is 2. The molecule has 1 atom stereocenters. The van der Waals surface area contributed by atoms with Crippen molar-refractivity contribution in [2.45, 2.75) is 95.3 Å². The topological polar surface area (TPSA) is 69.6 Å². The van der Waals surface area contributed by atoms with E-state index in [1.807, 2.05) is 13.8 Å². The van der Waals surface area contributed by atoms with Gasteiger partial charge in [-0.05, 0) is 66.7 Å². The van der Waals surface area contributed by atoms with Crippen molar-refractivity contribution in [1.82, 2.24) is 10.2 Å². The zero-order valence-electron chi connectivity index (χ0n) is 22.4. The number of halogens is 5. The largest absolute Gasteiger partial charge is 0.478 e. The number of aryl methyl sites for hydroxylation is 1. The van der Waals surface area contributed by atoms with Crippen LogP contribution in [0.1, 0.15) is 82.4 Å². The summed E-state index contributed by atoms with van der Waals surface area (Å²) in [5.74, 6) is -4.54. The molecule has 2 saturated carbocycles. The number of aliphatic carboxylic acids is 1. The standard InChI is InChI=1S/C29H35F5N2O3/c1-5-28(21-9-8-19(7-6-17(2)3)22(12-21)29(32,33)34)23(20-14-27(30,31)15-20)16-36(25(39)35-28)26(10-11-26)13-18(4)24(37)38/h8-9,12,16-17,20H,4-7,10-11,13-15H2,1-3H3,(H,35,39)(H,37,38)/t28-/m0/s1. The highest BCUT2D eigenvalue weighted by Crippen LogP contribution is 2.55. The molecule has 1 aromatic rings. The number of amides is 2. The third-order valence-electron chi connectivity index (χ3n) is 8.44. The van der Waals surface area contributed by atoms with Gasteiger partial charge in [0.05, 0.1) is 16.6 Å². The molecule has 0 aromatic heterocycles. The Balaban J connectivity index is 1.81. The van der Waals surface area contributed by atoms with E-state index in [0.29, 0.717) is 24.8 Å². The van der Waals surface area contributed by atoms with Gasteiger partial charge in [0.25, 0.3) is 0 Å². The molecule has 5 nitrogen and oxygen atoms in total. The summed E-state index contributed by atoms with van der Waals surface area (Å²) in [6.07, 6.45) is -2.12. The molecule has 0 spiro atoms. The van der Waals surface area contributed by atoms with Gasteiger partial charge in [-0.1, -0.05) is 39.5 Å². The smallest absolute Gasteiger partial charge is 0.416 e. The van der Waals surface area contributed by atoms with Crippen LogP contribution in [0.4, 0.5) is 26.7 Å². The third kappa shape index (κ3) is 5.57. The maximum absolute atomic E-state index is 14.2. The quantitative estimate of drug-likeness (QED) is 0.234. The molecule has 39 heavy (non-hydrogen) atoms. The molecule has 0 radical (unpaired) electrons. The predicted molar refractivity (Wildman–Crippen MR) is 136 cm³/mol. The van der Waals surface area contributed by atoms with Gasteiger partial charge >= 0.3 is 18.2 Å². The number of nitrogens with zero attached hydrogens (tertiary/aromatic N) is 1. The second kappa shape index (κ2) is 9.93. The van der Waals surface area contributed by atoms with E-state index in [0.717, 1.165) is 6.07 Å². The van der Waals surface area contributed by atoms with Gasteiger partial charge in [-0.3, -0.25) is 4.90 Å². The molecule has 0 bridgehead atoms. The minimum atomic E-state index is -4.63. The van der Waals surface area contributed by atoms with Crippen LogP contribution in [0.5, 0.6) is 0 Å². The van der Waals surface area contributed by atoms with Crippen LogP contribution in [0.2, 0.25) is 0 Å². The number of nitrogens with one attached hydrogen (secondary N) is 1. The first-order valence-electron chi connectivity index (χ1n) is 13.4. The summed E-state index contributed by atoms with van der Waals surface area (Å²) in [5.41, 5.74) is -2.37. The Labute approximate surface area is 225 Å². The zero-order chi connectivity index (χ0) is 29.0. The van der Waals surface area contributed by atoms with Gasteiger partial charge < -0.3 is 10.4 Å². The highest BCUT2D eigenvalue weighted by atomic mass is 19.4. The van der Waals surface area contributed by atoms with Crippen LogP contribution in [-0.4, -0.2) is 33.5 Å². The second-order valence-corrected chi connectivity index (χ2v) is 11.7. The lowest BCUT2D eigenvalue weighted by molar-refractivity contribution is -0.138. The lowest BCUT2D eigenvalue weighted by atomic mass is 9.66. The molecule has 2 aliphatic carbocycles. The lowest BCUT2D eigenvalue weighted by Gasteiger charge is -2.50. The van der Waals surface area contributed by atoms with Gasteiger partial charge in [0.15, 0.2) is 0 Å². The molecule has 1 aromatic carbocycles. The minimum Gasteiger partial charge on any atom is -0.478 e. The van der Waals surface area contributed by atoms with Gasteiger partial charge in [-0.2, -0.15) is 13.2 Å². The highest BCUT2D eigenvalue weighted by molar-refractivity contribution is 5.87. The molecule has 0 saturated heterocycles. The van der Waals surface area contributed by atoms with Crippen molar-refractivity contribution in [3.63, 3.8) is 0 Å². The minimum absolute atomic E-state index is 0.00224. The highest BCUT2D eigenvalue weighted by Gasteiger charge is 2.58. The van der Waals surface area contributed by atoms with Crippen LogP contribution in [0.25, 0.3) is 0 Å². The first-order chi connectivity index (χ1) is 18.0. The molecule has 214 valence electrons. The van der Waals surface area contributed by atoms with Crippen molar-refractivity contribution >= 4 is 12.0 Å². The summed E-state index contributed by atoms with van der Waals surface area (Å²) in [7, 11) is 0. The van der Waals surface area contributed by atoms with Crippen molar-refractivity contribution in [3.8, 4) is 0 Å². The fraction of sp³-hybridized carbons (Fsp3) is 0.586.